The fraction of sp³-hybridized carbons (Fsp3) is 0.375. The van der Waals surface area contributed by atoms with Gasteiger partial charge in [0.2, 0.25) is 0 Å². The molecule has 0 unspecified atom stereocenters. The Hall–Kier alpha value is -0.960. The molecule has 0 rings (SSSR count). The highest BCUT2D eigenvalue weighted by molar-refractivity contribution is 6.19. The molecule has 4 heteroatoms. The highest BCUT2D eigenvalue weighted by Gasteiger charge is 2.02. The number of halogens is 1. The zero-order valence-corrected chi connectivity index (χ0v) is 7.97. The zero-order chi connectivity index (χ0) is 9.56. The van der Waals surface area contributed by atoms with E-state index in [2.05, 4.69) is 11.3 Å². The molecule has 0 N–H and O–H groups in total. The van der Waals surface area contributed by atoms with Crippen molar-refractivity contribution < 1.29 is 9.53 Å². The van der Waals surface area contributed by atoms with E-state index in [1.165, 1.54) is 6.08 Å². The average molecular weight is 190 g/mol. The summed E-state index contributed by atoms with van der Waals surface area (Å²) in [6.45, 7) is 3.26. The highest BCUT2D eigenvalue weighted by atomic mass is 35.5. The van der Waals surface area contributed by atoms with Gasteiger partial charge in [0.05, 0.1) is 12.1 Å². The SMILES string of the molecule is C=COC(=O)C=C(CCl)N(C)C. The maximum Gasteiger partial charge on any atom is 0.337 e. The second-order valence-corrected chi connectivity index (χ2v) is 2.53. The molecule has 0 atom stereocenters. The first-order chi connectivity index (χ1) is 5.61. The van der Waals surface area contributed by atoms with Crippen LogP contribution >= 0.6 is 11.6 Å². The van der Waals surface area contributed by atoms with Gasteiger partial charge in [-0.25, -0.2) is 4.79 Å². The van der Waals surface area contributed by atoms with E-state index in [-0.39, 0.29) is 5.88 Å². The summed E-state index contributed by atoms with van der Waals surface area (Å²) in [4.78, 5) is 12.6. The Labute approximate surface area is 77.3 Å². The van der Waals surface area contributed by atoms with Gasteiger partial charge in [0.25, 0.3) is 0 Å². The molecule has 12 heavy (non-hydrogen) atoms. The molecule has 0 fully saturated rings. The van der Waals surface area contributed by atoms with E-state index in [4.69, 9.17) is 11.6 Å². The molecule has 0 bridgehead atoms. The van der Waals surface area contributed by atoms with E-state index >= 15 is 0 Å². The molecule has 68 valence electrons. The van der Waals surface area contributed by atoms with Crippen molar-refractivity contribution in [3.05, 3.63) is 24.6 Å². The normalized spacial score (nSPS) is 10.8. The summed E-state index contributed by atoms with van der Waals surface area (Å²) in [7, 11) is 3.60. The molecule has 0 aromatic heterocycles. The van der Waals surface area contributed by atoms with E-state index in [1.54, 1.807) is 19.0 Å². The van der Waals surface area contributed by atoms with Crippen LogP contribution in [0.3, 0.4) is 0 Å². The summed E-state index contributed by atoms with van der Waals surface area (Å²) in [5.74, 6) is -0.187. The molecular formula is C8H12ClNO2. The molecule has 0 saturated heterocycles. The lowest BCUT2D eigenvalue weighted by Crippen LogP contribution is -2.14. The van der Waals surface area contributed by atoms with Crippen molar-refractivity contribution in [3.8, 4) is 0 Å². The van der Waals surface area contributed by atoms with Gasteiger partial charge in [-0.1, -0.05) is 6.58 Å². The lowest BCUT2D eigenvalue weighted by Gasteiger charge is -2.13. The predicted octanol–water partition coefficient (Wildman–Crippen LogP) is 1.36. The average Bonchev–Trinajstić information content (AvgIpc) is 2.00. The molecule has 0 radical (unpaired) electrons. The summed E-state index contributed by atoms with van der Waals surface area (Å²) < 4.78 is 4.49. The maximum atomic E-state index is 10.9. The zero-order valence-electron chi connectivity index (χ0n) is 7.21. The third kappa shape index (κ3) is 4.03. The van der Waals surface area contributed by atoms with Gasteiger partial charge in [0.1, 0.15) is 0 Å². The van der Waals surface area contributed by atoms with Crippen molar-refractivity contribution in [2.45, 2.75) is 0 Å². The van der Waals surface area contributed by atoms with Crippen LogP contribution < -0.4 is 0 Å². The number of carbonyl (C=O) groups excluding carboxylic acids is 1. The van der Waals surface area contributed by atoms with Crippen LogP contribution in [-0.2, 0) is 9.53 Å². The monoisotopic (exact) mass is 189 g/mol. The van der Waals surface area contributed by atoms with Crippen molar-refractivity contribution in [3.63, 3.8) is 0 Å². The van der Waals surface area contributed by atoms with Crippen LogP contribution in [0.2, 0.25) is 0 Å². The second kappa shape index (κ2) is 5.66. The van der Waals surface area contributed by atoms with Gasteiger partial charge in [0.15, 0.2) is 0 Å². The molecule has 3 nitrogen and oxygen atoms in total. The second-order valence-electron chi connectivity index (χ2n) is 2.27. The van der Waals surface area contributed by atoms with Crippen LogP contribution in [0, 0.1) is 0 Å². The van der Waals surface area contributed by atoms with Crippen molar-refractivity contribution in [1.82, 2.24) is 4.90 Å². The fourth-order valence-corrected chi connectivity index (χ4v) is 0.856. The van der Waals surface area contributed by atoms with Gasteiger partial charge in [-0.3, -0.25) is 0 Å². The summed E-state index contributed by atoms with van der Waals surface area (Å²) in [6, 6.07) is 0. The first-order valence-corrected chi connectivity index (χ1v) is 3.90. The molecule has 0 heterocycles. The Morgan fingerprint density at radius 2 is 2.25 bits per heavy atom. The third-order valence-corrected chi connectivity index (χ3v) is 1.47. The number of hydrogen-bond acceptors (Lipinski definition) is 3. The van der Waals surface area contributed by atoms with Crippen LogP contribution in [-0.4, -0.2) is 30.8 Å². The summed E-state index contributed by atoms with van der Waals surface area (Å²) >= 11 is 5.56. The number of allylic oxidation sites excluding steroid dienone is 1. The number of carbonyl (C=O) groups is 1. The topological polar surface area (TPSA) is 29.5 Å². The quantitative estimate of drug-likeness (QED) is 0.290. The molecule has 0 amide bonds. The van der Waals surface area contributed by atoms with Crippen molar-refractivity contribution >= 4 is 17.6 Å². The molecule has 0 aromatic carbocycles. The van der Waals surface area contributed by atoms with E-state index in [0.29, 0.717) is 5.70 Å². The minimum absolute atomic E-state index is 0.277. The Balaban J connectivity index is 4.27. The number of ether oxygens (including phenoxy) is 1. The van der Waals surface area contributed by atoms with Gasteiger partial charge >= 0.3 is 5.97 Å². The van der Waals surface area contributed by atoms with E-state index in [1.807, 2.05) is 0 Å². The largest absolute Gasteiger partial charge is 0.432 e. The lowest BCUT2D eigenvalue weighted by atomic mass is 10.4. The molecular weight excluding hydrogens is 178 g/mol. The van der Waals surface area contributed by atoms with Gasteiger partial charge in [-0.2, -0.15) is 0 Å². The fourth-order valence-electron chi connectivity index (χ4n) is 0.539. The third-order valence-electron chi connectivity index (χ3n) is 1.20. The van der Waals surface area contributed by atoms with Crippen molar-refractivity contribution in [1.29, 1.82) is 0 Å². The number of hydrogen-bond donors (Lipinski definition) is 0. The minimum Gasteiger partial charge on any atom is -0.432 e. The van der Waals surface area contributed by atoms with Gasteiger partial charge in [-0.15, -0.1) is 11.6 Å². The van der Waals surface area contributed by atoms with Crippen LogP contribution in [0.15, 0.2) is 24.6 Å². The Kier molecular flexibility index (Phi) is 5.21. The Morgan fingerprint density at radius 3 is 2.58 bits per heavy atom. The summed E-state index contributed by atoms with van der Waals surface area (Å²) in [5, 5.41) is 0. The standard InChI is InChI=1S/C8H12ClNO2/c1-4-12-8(11)5-7(6-9)10(2)3/h4-5H,1,6H2,2-3H3. The van der Waals surface area contributed by atoms with Crippen LogP contribution in [0.5, 0.6) is 0 Å². The number of alkyl halides is 1. The molecule has 0 aromatic rings. The summed E-state index contributed by atoms with van der Waals surface area (Å²) in [6.07, 6.45) is 2.41. The van der Waals surface area contributed by atoms with Gasteiger partial charge < -0.3 is 9.64 Å². The Bertz CT molecular complexity index is 199. The number of rotatable bonds is 4. The van der Waals surface area contributed by atoms with Gasteiger partial charge in [0, 0.05) is 25.9 Å². The molecule has 0 spiro atoms. The molecule has 0 saturated carbocycles. The Morgan fingerprint density at radius 1 is 1.67 bits per heavy atom. The van der Waals surface area contributed by atoms with E-state index < -0.39 is 5.97 Å². The minimum atomic E-state index is -0.464. The lowest BCUT2D eigenvalue weighted by molar-refractivity contribution is -0.132. The van der Waals surface area contributed by atoms with Crippen LogP contribution in [0.25, 0.3) is 0 Å². The van der Waals surface area contributed by atoms with Crippen LogP contribution in [0.4, 0.5) is 0 Å². The first-order valence-electron chi connectivity index (χ1n) is 3.37. The van der Waals surface area contributed by atoms with Crippen LogP contribution in [0.1, 0.15) is 0 Å². The first kappa shape index (κ1) is 11.0. The van der Waals surface area contributed by atoms with Gasteiger partial charge in [-0.05, 0) is 0 Å². The van der Waals surface area contributed by atoms with E-state index in [9.17, 15) is 4.79 Å². The number of nitrogens with zero attached hydrogens (tertiary/aromatic N) is 1. The smallest absolute Gasteiger partial charge is 0.337 e. The maximum absolute atomic E-state index is 10.9. The van der Waals surface area contributed by atoms with Crippen molar-refractivity contribution in [2.24, 2.45) is 0 Å². The van der Waals surface area contributed by atoms with Crippen molar-refractivity contribution in [2.75, 3.05) is 20.0 Å². The predicted molar refractivity (Wildman–Crippen MR) is 48.8 cm³/mol. The van der Waals surface area contributed by atoms with E-state index in [0.717, 1.165) is 6.26 Å². The molecule has 0 aliphatic heterocycles. The highest BCUT2D eigenvalue weighted by Crippen LogP contribution is 2.01. The number of esters is 1. The molecule has 0 aliphatic rings. The summed E-state index contributed by atoms with van der Waals surface area (Å²) in [5.41, 5.74) is 0.698. The molecule has 0 aliphatic carbocycles.